The molecule has 1 amide bonds. The molecule has 0 unspecified atom stereocenters. The summed E-state index contributed by atoms with van der Waals surface area (Å²) in [6.07, 6.45) is 0.775. The molecule has 20 heavy (non-hydrogen) atoms. The van der Waals surface area contributed by atoms with Crippen LogP contribution in [0.1, 0.15) is 21.5 Å². The lowest BCUT2D eigenvalue weighted by Crippen LogP contribution is -2.29. The van der Waals surface area contributed by atoms with Gasteiger partial charge in [-0.25, -0.2) is 4.39 Å². The van der Waals surface area contributed by atoms with E-state index in [9.17, 15) is 9.18 Å². The normalized spacial score (nSPS) is 13.4. The number of carbonyl (C=O) groups excluding carboxylic acids is 1. The van der Waals surface area contributed by atoms with Gasteiger partial charge in [-0.1, -0.05) is 22.0 Å². The highest BCUT2D eigenvalue weighted by Gasteiger charge is 2.26. The highest BCUT2D eigenvalue weighted by Crippen LogP contribution is 2.30. The second-order valence-corrected chi connectivity index (χ2v) is 5.80. The third-order valence-electron chi connectivity index (χ3n) is 3.59. The Kier molecular flexibility index (Phi) is 3.34. The number of halogens is 2. The summed E-state index contributed by atoms with van der Waals surface area (Å²) in [5.74, 6) is -0.389. The fourth-order valence-corrected chi connectivity index (χ4v) is 2.74. The first kappa shape index (κ1) is 13.3. The Balaban J connectivity index is 1.97. The van der Waals surface area contributed by atoms with Crippen LogP contribution in [0.4, 0.5) is 10.1 Å². The number of amides is 1. The molecule has 0 N–H and O–H groups in total. The number of rotatable bonds is 1. The topological polar surface area (TPSA) is 20.3 Å². The molecular weight excluding hydrogens is 321 g/mol. The van der Waals surface area contributed by atoms with Crippen LogP contribution in [0.15, 0.2) is 40.9 Å². The maximum absolute atomic E-state index is 13.4. The maximum atomic E-state index is 13.4. The molecule has 2 aromatic carbocycles. The van der Waals surface area contributed by atoms with E-state index >= 15 is 0 Å². The molecule has 2 aromatic rings. The number of aryl methyl sites for hydroxylation is 1. The van der Waals surface area contributed by atoms with E-state index in [1.54, 1.807) is 17.0 Å². The van der Waals surface area contributed by atoms with E-state index in [2.05, 4.69) is 15.9 Å². The molecule has 1 heterocycles. The molecule has 2 nitrogen and oxygen atoms in total. The summed E-state index contributed by atoms with van der Waals surface area (Å²) in [5.41, 5.74) is 3.35. The molecule has 4 heteroatoms. The third kappa shape index (κ3) is 2.24. The molecule has 0 saturated carbocycles. The number of anilines is 1. The van der Waals surface area contributed by atoms with Crippen LogP contribution in [-0.2, 0) is 6.42 Å². The maximum Gasteiger partial charge on any atom is 0.258 e. The van der Waals surface area contributed by atoms with Crippen LogP contribution in [0.5, 0.6) is 0 Å². The van der Waals surface area contributed by atoms with Crippen LogP contribution in [0.3, 0.4) is 0 Å². The van der Waals surface area contributed by atoms with Gasteiger partial charge in [-0.2, -0.15) is 0 Å². The van der Waals surface area contributed by atoms with E-state index in [1.165, 1.54) is 12.1 Å². The molecule has 0 spiro atoms. The Hall–Kier alpha value is -1.68. The van der Waals surface area contributed by atoms with Gasteiger partial charge in [0.05, 0.1) is 5.69 Å². The standard InChI is InChI=1S/C16H13BrFNO/c1-10-8-12(3-5-14(10)17)16(20)19-7-6-11-2-4-13(18)9-15(11)19/h2-5,8-9H,6-7H2,1H3. The number of nitrogens with zero attached hydrogens (tertiary/aromatic N) is 1. The van der Waals surface area contributed by atoms with Crippen molar-refractivity contribution in [3.8, 4) is 0 Å². The Morgan fingerprint density at radius 3 is 2.80 bits per heavy atom. The van der Waals surface area contributed by atoms with Crippen molar-refractivity contribution < 1.29 is 9.18 Å². The molecule has 1 aliphatic rings. The van der Waals surface area contributed by atoms with Gasteiger partial charge in [0.1, 0.15) is 5.82 Å². The highest BCUT2D eigenvalue weighted by molar-refractivity contribution is 9.10. The van der Waals surface area contributed by atoms with Crippen LogP contribution >= 0.6 is 15.9 Å². The molecule has 3 rings (SSSR count). The van der Waals surface area contributed by atoms with Gasteiger partial charge in [-0.15, -0.1) is 0 Å². The van der Waals surface area contributed by atoms with Crippen LogP contribution in [0.2, 0.25) is 0 Å². The van der Waals surface area contributed by atoms with Gasteiger partial charge in [0.2, 0.25) is 0 Å². The van der Waals surface area contributed by atoms with Crippen molar-refractivity contribution >= 4 is 27.5 Å². The van der Waals surface area contributed by atoms with Gasteiger partial charge >= 0.3 is 0 Å². The largest absolute Gasteiger partial charge is 0.308 e. The average Bonchev–Trinajstić information content (AvgIpc) is 2.84. The Bertz CT molecular complexity index is 699. The Morgan fingerprint density at radius 2 is 2.05 bits per heavy atom. The second kappa shape index (κ2) is 5.02. The molecular formula is C16H13BrFNO. The minimum atomic E-state index is -0.310. The monoisotopic (exact) mass is 333 g/mol. The van der Waals surface area contributed by atoms with Crippen LogP contribution in [0.25, 0.3) is 0 Å². The lowest BCUT2D eigenvalue weighted by atomic mass is 10.1. The number of hydrogen-bond donors (Lipinski definition) is 0. The first-order valence-electron chi connectivity index (χ1n) is 6.43. The number of carbonyl (C=O) groups is 1. The van der Waals surface area contributed by atoms with E-state index in [1.807, 2.05) is 19.1 Å². The zero-order chi connectivity index (χ0) is 14.3. The molecule has 0 saturated heterocycles. The van der Waals surface area contributed by atoms with Crippen LogP contribution in [0, 0.1) is 12.7 Å². The molecule has 102 valence electrons. The van der Waals surface area contributed by atoms with Crippen molar-refractivity contribution in [3.05, 3.63) is 63.4 Å². The van der Waals surface area contributed by atoms with E-state index in [0.29, 0.717) is 17.8 Å². The highest BCUT2D eigenvalue weighted by atomic mass is 79.9. The average molecular weight is 334 g/mol. The molecule has 0 radical (unpaired) electrons. The lowest BCUT2D eigenvalue weighted by molar-refractivity contribution is 0.0989. The first-order valence-corrected chi connectivity index (χ1v) is 7.22. The van der Waals surface area contributed by atoms with Gasteiger partial charge in [-0.05, 0) is 54.8 Å². The van der Waals surface area contributed by atoms with Crippen LogP contribution in [-0.4, -0.2) is 12.5 Å². The van der Waals surface area contributed by atoms with Crippen molar-refractivity contribution in [1.29, 1.82) is 0 Å². The van der Waals surface area contributed by atoms with Crippen molar-refractivity contribution in [2.45, 2.75) is 13.3 Å². The molecule has 0 aromatic heterocycles. The summed E-state index contributed by atoms with van der Waals surface area (Å²) in [5, 5.41) is 0. The summed E-state index contributed by atoms with van der Waals surface area (Å²) in [6, 6.07) is 10.1. The predicted octanol–water partition coefficient (Wildman–Crippen LogP) is 4.10. The Labute approximate surface area is 125 Å². The van der Waals surface area contributed by atoms with Gasteiger partial charge in [-0.3, -0.25) is 4.79 Å². The molecule has 0 atom stereocenters. The smallest absolute Gasteiger partial charge is 0.258 e. The zero-order valence-corrected chi connectivity index (χ0v) is 12.6. The van der Waals surface area contributed by atoms with Gasteiger partial charge in [0.15, 0.2) is 0 Å². The molecule has 0 aliphatic carbocycles. The van der Waals surface area contributed by atoms with Crippen molar-refractivity contribution in [2.24, 2.45) is 0 Å². The molecule has 1 aliphatic heterocycles. The quantitative estimate of drug-likeness (QED) is 0.769. The summed E-state index contributed by atoms with van der Waals surface area (Å²) < 4.78 is 14.3. The molecule has 0 bridgehead atoms. The second-order valence-electron chi connectivity index (χ2n) is 4.94. The summed E-state index contributed by atoms with van der Waals surface area (Å²) in [4.78, 5) is 14.2. The predicted molar refractivity (Wildman–Crippen MR) is 80.7 cm³/mol. The zero-order valence-electron chi connectivity index (χ0n) is 11.0. The third-order valence-corrected chi connectivity index (χ3v) is 4.48. The Morgan fingerprint density at radius 1 is 1.25 bits per heavy atom. The van der Waals surface area contributed by atoms with Crippen molar-refractivity contribution in [3.63, 3.8) is 0 Å². The first-order chi connectivity index (χ1) is 9.56. The summed E-state index contributed by atoms with van der Waals surface area (Å²) in [7, 11) is 0. The lowest BCUT2D eigenvalue weighted by Gasteiger charge is -2.18. The molecule has 0 fully saturated rings. The summed E-state index contributed by atoms with van der Waals surface area (Å²) in [6.45, 7) is 2.55. The number of hydrogen-bond acceptors (Lipinski definition) is 1. The fraction of sp³-hybridized carbons (Fsp3) is 0.188. The minimum absolute atomic E-state index is 0.0787. The summed E-state index contributed by atoms with van der Waals surface area (Å²) >= 11 is 3.42. The number of fused-ring (bicyclic) bond motifs is 1. The van der Waals surface area contributed by atoms with E-state index < -0.39 is 0 Å². The van der Waals surface area contributed by atoms with E-state index in [4.69, 9.17) is 0 Å². The SMILES string of the molecule is Cc1cc(C(=O)N2CCc3ccc(F)cc32)ccc1Br. The minimum Gasteiger partial charge on any atom is -0.308 e. The fourth-order valence-electron chi connectivity index (χ4n) is 2.50. The van der Waals surface area contributed by atoms with Crippen molar-refractivity contribution in [2.75, 3.05) is 11.4 Å². The van der Waals surface area contributed by atoms with Crippen molar-refractivity contribution in [1.82, 2.24) is 0 Å². The van der Waals surface area contributed by atoms with Crippen LogP contribution < -0.4 is 4.90 Å². The van der Waals surface area contributed by atoms with Gasteiger partial charge in [0, 0.05) is 16.6 Å². The van der Waals surface area contributed by atoms with E-state index in [0.717, 1.165) is 22.0 Å². The number of benzene rings is 2. The van der Waals surface area contributed by atoms with Gasteiger partial charge < -0.3 is 4.90 Å². The van der Waals surface area contributed by atoms with E-state index in [-0.39, 0.29) is 11.7 Å². The van der Waals surface area contributed by atoms with Gasteiger partial charge in [0.25, 0.3) is 5.91 Å².